The van der Waals surface area contributed by atoms with Crippen LogP contribution in [0, 0.1) is 6.92 Å². The summed E-state index contributed by atoms with van der Waals surface area (Å²) < 4.78 is 6.41. The smallest absolute Gasteiger partial charge is 0.230 e. The van der Waals surface area contributed by atoms with E-state index in [1.165, 1.54) is 18.3 Å². The predicted molar refractivity (Wildman–Crippen MR) is 104 cm³/mol. The van der Waals surface area contributed by atoms with Gasteiger partial charge >= 0.3 is 0 Å². The standard InChI is InChI=1S/C17H17N3O2S3/c1-11-8-24-17(18-11)25-10-13-9-23-16(19-13)20(12(2)21)14-6-4-5-7-15(14)22-3/h4-9H,10H2,1-3H3. The Morgan fingerprint density at radius 2 is 2.04 bits per heavy atom. The maximum atomic E-state index is 12.2. The van der Waals surface area contributed by atoms with Crippen molar-refractivity contribution in [2.24, 2.45) is 0 Å². The minimum absolute atomic E-state index is 0.103. The van der Waals surface area contributed by atoms with Crippen LogP contribution in [0.1, 0.15) is 18.3 Å². The topological polar surface area (TPSA) is 55.3 Å². The molecule has 3 aromatic rings. The van der Waals surface area contributed by atoms with E-state index in [2.05, 4.69) is 9.97 Å². The third-order valence-corrected chi connectivity index (χ3v) is 6.36. The number of ether oxygens (including phenoxy) is 1. The second kappa shape index (κ2) is 7.99. The molecule has 0 fully saturated rings. The number of hydrogen-bond acceptors (Lipinski definition) is 7. The van der Waals surface area contributed by atoms with Gasteiger partial charge in [-0.15, -0.1) is 22.7 Å². The molecule has 0 unspecified atom stereocenters. The molecule has 0 aliphatic rings. The number of amides is 1. The molecule has 0 bridgehead atoms. The van der Waals surface area contributed by atoms with Crippen LogP contribution in [-0.4, -0.2) is 23.0 Å². The van der Waals surface area contributed by atoms with Crippen molar-refractivity contribution in [3.05, 3.63) is 46.4 Å². The van der Waals surface area contributed by atoms with Gasteiger partial charge in [0, 0.05) is 29.1 Å². The monoisotopic (exact) mass is 391 g/mol. The Kier molecular flexibility index (Phi) is 5.72. The number of aromatic nitrogens is 2. The Bertz CT molecular complexity index is 875. The summed E-state index contributed by atoms with van der Waals surface area (Å²) in [4.78, 5) is 22.9. The van der Waals surface area contributed by atoms with E-state index < -0.39 is 0 Å². The number of carbonyl (C=O) groups is 1. The molecule has 130 valence electrons. The van der Waals surface area contributed by atoms with Crippen LogP contribution in [0.15, 0.2) is 39.4 Å². The number of hydrogen-bond donors (Lipinski definition) is 0. The lowest BCUT2D eigenvalue weighted by molar-refractivity contribution is -0.115. The molecule has 1 aromatic carbocycles. The van der Waals surface area contributed by atoms with Crippen molar-refractivity contribution in [1.29, 1.82) is 0 Å². The molecule has 2 heterocycles. The van der Waals surface area contributed by atoms with Crippen molar-refractivity contribution >= 4 is 51.2 Å². The number of benzene rings is 1. The number of aryl methyl sites for hydroxylation is 1. The van der Waals surface area contributed by atoms with Gasteiger partial charge in [-0.1, -0.05) is 23.9 Å². The summed E-state index contributed by atoms with van der Waals surface area (Å²) in [6, 6.07) is 7.44. The van der Waals surface area contributed by atoms with Gasteiger partial charge in [-0.05, 0) is 19.1 Å². The summed E-state index contributed by atoms with van der Waals surface area (Å²) in [5.41, 5.74) is 2.66. The zero-order valence-electron chi connectivity index (χ0n) is 14.1. The first kappa shape index (κ1) is 17.9. The summed E-state index contributed by atoms with van der Waals surface area (Å²) in [6.07, 6.45) is 0. The van der Waals surface area contributed by atoms with Gasteiger partial charge < -0.3 is 4.74 Å². The van der Waals surface area contributed by atoms with E-state index in [0.717, 1.165) is 21.5 Å². The van der Waals surface area contributed by atoms with Crippen molar-refractivity contribution < 1.29 is 9.53 Å². The number of thioether (sulfide) groups is 1. The molecule has 0 aliphatic heterocycles. The quantitative estimate of drug-likeness (QED) is 0.560. The van der Waals surface area contributed by atoms with Crippen molar-refractivity contribution in [3.8, 4) is 5.75 Å². The molecule has 3 rings (SSSR count). The zero-order chi connectivity index (χ0) is 17.8. The number of carbonyl (C=O) groups excluding carboxylic acids is 1. The molecule has 5 nitrogen and oxygen atoms in total. The average molecular weight is 392 g/mol. The first-order chi connectivity index (χ1) is 12.1. The fourth-order valence-corrected chi connectivity index (χ4v) is 4.95. The molecule has 0 aliphatic carbocycles. The number of nitrogens with zero attached hydrogens (tertiary/aromatic N) is 3. The number of methoxy groups -OCH3 is 1. The van der Waals surface area contributed by atoms with E-state index in [1.54, 1.807) is 35.1 Å². The molecule has 2 aromatic heterocycles. The van der Waals surface area contributed by atoms with Gasteiger partial charge in [-0.2, -0.15) is 0 Å². The Hall–Kier alpha value is -1.90. The highest BCUT2D eigenvalue weighted by Gasteiger charge is 2.21. The van der Waals surface area contributed by atoms with Crippen LogP contribution in [0.3, 0.4) is 0 Å². The van der Waals surface area contributed by atoms with Gasteiger partial charge in [0.1, 0.15) is 10.1 Å². The zero-order valence-corrected chi connectivity index (χ0v) is 16.5. The van der Waals surface area contributed by atoms with Crippen LogP contribution in [0.5, 0.6) is 5.75 Å². The molecule has 1 amide bonds. The highest BCUT2D eigenvalue weighted by atomic mass is 32.2. The van der Waals surface area contributed by atoms with Crippen LogP contribution < -0.4 is 9.64 Å². The fraction of sp³-hybridized carbons (Fsp3) is 0.235. The maximum absolute atomic E-state index is 12.2. The highest BCUT2D eigenvalue weighted by Crippen LogP contribution is 2.36. The maximum Gasteiger partial charge on any atom is 0.230 e. The largest absolute Gasteiger partial charge is 0.495 e. The van der Waals surface area contributed by atoms with Crippen molar-refractivity contribution in [3.63, 3.8) is 0 Å². The van der Waals surface area contributed by atoms with Gasteiger partial charge in [0.25, 0.3) is 0 Å². The van der Waals surface area contributed by atoms with Crippen LogP contribution in [0.25, 0.3) is 0 Å². The fourth-order valence-electron chi connectivity index (χ4n) is 2.22. The molecular weight excluding hydrogens is 374 g/mol. The van der Waals surface area contributed by atoms with E-state index in [4.69, 9.17) is 4.74 Å². The molecule has 0 saturated carbocycles. The van der Waals surface area contributed by atoms with Gasteiger partial charge in [-0.3, -0.25) is 9.69 Å². The first-order valence-electron chi connectivity index (χ1n) is 7.51. The number of rotatable bonds is 6. The third kappa shape index (κ3) is 4.20. The van der Waals surface area contributed by atoms with Gasteiger partial charge in [0.05, 0.1) is 18.5 Å². The Morgan fingerprint density at radius 1 is 1.24 bits per heavy atom. The van der Waals surface area contributed by atoms with Gasteiger partial charge in [0.15, 0.2) is 5.13 Å². The summed E-state index contributed by atoms with van der Waals surface area (Å²) in [5, 5.41) is 4.66. The Labute approximate surface area is 158 Å². The second-order valence-corrected chi connectivity index (χ2v) is 8.11. The van der Waals surface area contributed by atoms with Crippen LogP contribution in [0.2, 0.25) is 0 Å². The van der Waals surface area contributed by atoms with Crippen LogP contribution in [0.4, 0.5) is 10.8 Å². The molecular formula is C17H17N3O2S3. The number of anilines is 2. The summed E-state index contributed by atoms with van der Waals surface area (Å²) >= 11 is 4.74. The average Bonchev–Trinajstić information content (AvgIpc) is 3.22. The van der Waals surface area contributed by atoms with Crippen molar-refractivity contribution in [2.45, 2.75) is 23.9 Å². The molecule has 25 heavy (non-hydrogen) atoms. The molecule has 0 radical (unpaired) electrons. The molecule has 0 saturated heterocycles. The van der Waals surface area contributed by atoms with Crippen molar-refractivity contribution in [1.82, 2.24) is 9.97 Å². The summed E-state index contributed by atoms with van der Waals surface area (Å²) in [5.74, 6) is 1.26. The molecule has 8 heteroatoms. The van der Waals surface area contributed by atoms with E-state index in [-0.39, 0.29) is 5.91 Å². The van der Waals surface area contributed by atoms with E-state index in [1.807, 2.05) is 41.9 Å². The predicted octanol–water partition coefficient (Wildman–Crippen LogP) is 4.89. The Balaban J connectivity index is 1.81. The van der Waals surface area contributed by atoms with E-state index >= 15 is 0 Å². The molecule has 0 N–H and O–H groups in total. The molecule has 0 atom stereocenters. The number of para-hydroxylation sites is 2. The van der Waals surface area contributed by atoms with Gasteiger partial charge in [0.2, 0.25) is 5.91 Å². The lowest BCUT2D eigenvalue weighted by Crippen LogP contribution is -2.23. The first-order valence-corrected chi connectivity index (χ1v) is 10.3. The Morgan fingerprint density at radius 3 is 2.72 bits per heavy atom. The van der Waals surface area contributed by atoms with Gasteiger partial charge in [-0.25, -0.2) is 9.97 Å². The summed E-state index contributed by atoms with van der Waals surface area (Å²) in [6.45, 7) is 3.51. The van der Waals surface area contributed by atoms with Crippen molar-refractivity contribution in [2.75, 3.05) is 12.0 Å². The lowest BCUT2D eigenvalue weighted by atomic mass is 10.2. The molecule has 0 spiro atoms. The minimum Gasteiger partial charge on any atom is -0.495 e. The normalized spacial score (nSPS) is 10.7. The minimum atomic E-state index is -0.103. The van der Waals surface area contributed by atoms with E-state index in [0.29, 0.717) is 16.6 Å². The SMILES string of the molecule is COc1ccccc1N(C(C)=O)c1nc(CSc2nc(C)cs2)cs1. The number of thiazole rings is 2. The van der Waals surface area contributed by atoms with Crippen LogP contribution in [-0.2, 0) is 10.5 Å². The highest BCUT2D eigenvalue weighted by molar-refractivity contribution is 8.00. The second-order valence-electron chi connectivity index (χ2n) is 5.19. The van der Waals surface area contributed by atoms with E-state index in [9.17, 15) is 4.79 Å². The lowest BCUT2D eigenvalue weighted by Gasteiger charge is -2.20. The third-order valence-electron chi connectivity index (χ3n) is 3.31. The van der Waals surface area contributed by atoms with Crippen LogP contribution >= 0.6 is 34.4 Å². The summed E-state index contributed by atoms with van der Waals surface area (Å²) in [7, 11) is 1.59.